The number of hydrogen-bond donors (Lipinski definition) is 0. The number of ether oxygens (including phenoxy) is 1. The molecule has 4 aliphatic rings. The number of nitriles is 1. The van der Waals surface area contributed by atoms with Crippen molar-refractivity contribution in [2.75, 3.05) is 6.61 Å². The second-order valence-corrected chi connectivity index (χ2v) is 9.04. The molecule has 0 amide bonds. The van der Waals surface area contributed by atoms with Gasteiger partial charge in [0.1, 0.15) is 6.07 Å². The Balaban J connectivity index is 1.35. The summed E-state index contributed by atoms with van der Waals surface area (Å²) in [6.45, 7) is 2.88. The van der Waals surface area contributed by atoms with E-state index in [4.69, 9.17) is 10.00 Å². The van der Waals surface area contributed by atoms with Crippen LogP contribution in [0.2, 0.25) is 0 Å². The topological polar surface area (TPSA) is 54.0 Å². The molecule has 0 spiro atoms. The minimum Gasteiger partial charge on any atom is -0.465 e. The summed E-state index contributed by atoms with van der Waals surface area (Å²) in [5, 5.41) is 8.82. The maximum Gasteiger partial charge on any atom is 0.312 e. The van der Waals surface area contributed by atoms with Gasteiger partial charge in [0.05, 0.1) is 16.9 Å². The molecule has 4 saturated carbocycles. The monoisotopic (exact) mass is 345 g/mol. The molecule has 24 heavy (non-hydrogen) atoms. The summed E-state index contributed by atoms with van der Waals surface area (Å²) < 4.78 is 7.71. The van der Waals surface area contributed by atoms with Crippen molar-refractivity contribution in [1.29, 1.82) is 5.26 Å². The molecule has 0 unspecified atom stereocenters. The first-order valence-corrected chi connectivity index (χ1v) is 9.98. The summed E-state index contributed by atoms with van der Waals surface area (Å²) in [4.78, 5) is 14.0. The Bertz CT molecular complexity index is 653. The fourth-order valence-corrected chi connectivity index (χ4v) is 6.65. The summed E-state index contributed by atoms with van der Waals surface area (Å²) in [5.41, 5.74) is 2.95. The maximum absolute atomic E-state index is 12.8. The van der Waals surface area contributed by atoms with Gasteiger partial charge in [-0.05, 0) is 56.3 Å². The number of hydrogen-bond acceptors (Lipinski definition) is 4. The Hall–Kier alpha value is -1.41. The molecule has 5 rings (SSSR count). The Morgan fingerprint density at radius 1 is 1.33 bits per heavy atom. The van der Waals surface area contributed by atoms with Crippen LogP contribution in [0.25, 0.3) is 0 Å². The third-order valence-corrected chi connectivity index (χ3v) is 7.58. The van der Waals surface area contributed by atoms with Crippen molar-refractivity contribution in [3.05, 3.63) is 16.1 Å². The van der Waals surface area contributed by atoms with Crippen molar-refractivity contribution in [1.82, 2.24) is 0 Å². The molecule has 4 nitrogen and oxygen atoms in total. The van der Waals surface area contributed by atoms with Gasteiger partial charge < -0.3 is 4.74 Å². The van der Waals surface area contributed by atoms with Gasteiger partial charge in [0.25, 0.3) is 0 Å². The first kappa shape index (κ1) is 16.1. The maximum atomic E-state index is 12.8. The largest absolute Gasteiger partial charge is 0.465 e. The fourth-order valence-electron chi connectivity index (χ4n) is 5.67. The minimum absolute atomic E-state index is 0.0701. The Labute approximate surface area is 147 Å². The predicted octanol–water partition coefficient (Wildman–Crippen LogP) is 3.17. The van der Waals surface area contributed by atoms with Crippen molar-refractivity contribution in [2.24, 2.45) is 23.2 Å². The van der Waals surface area contributed by atoms with Gasteiger partial charge >= 0.3 is 5.97 Å². The number of thiazole rings is 1. The molecular weight excluding hydrogens is 320 g/mol. The molecular formula is C19H25N2O2S+. The zero-order valence-electron chi connectivity index (χ0n) is 14.3. The summed E-state index contributed by atoms with van der Waals surface area (Å²) in [6, 6.07) is 2.17. The summed E-state index contributed by atoms with van der Waals surface area (Å²) in [6.07, 6.45) is 8.00. The first-order valence-electron chi connectivity index (χ1n) is 9.10. The highest BCUT2D eigenvalue weighted by Gasteiger charge is 2.55. The molecule has 5 heteroatoms. The van der Waals surface area contributed by atoms with Crippen LogP contribution >= 0.6 is 11.3 Å². The number of carbonyl (C=O) groups excluding carboxylic acids is 1. The Kier molecular flexibility index (Phi) is 4.12. The van der Waals surface area contributed by atoms with E-state index in [0.29, 0.717) is 13.2 Å². The molecule has 0 saturated heterocycles. The molecule has 0 aromatic carbocycles. The van der Waals surface area contributed by atoms with Crippen LogP contribution in [0.4, 0.5) is 0 Å². The van der Waals surface area contributed by atoms with E-state index in [2.05, 4.69) is 6.07 Å². The number of esters is 1. The zero-order valence-corrected chi connectivity index (χ0v) is 15.1. The normalized spacial score (nSPS) is 33.4. The lowest BCUT2D eigenvalue weighted by Gasteiger charge is -2.55. The van der Waals surface area contributed by atoms with E-state index in [1.165, 1.54) is 24.1 Å². The van der Waals surface area contributed by atoms with Crippen LogP contribution < -0.4 is 4.57 Å². The molecule has 0 atom stereocenters. The third-order valence-electron chi connectivity index (χ3n) is 6.43. The van der Waals surface area contributed by atoms with Crippen LogP contribution in [0.5, 0.6) is 0 Å². The SMILES string of the molecule is Cc1c(CCOC(=O)C23CC4CC(CC(C4)C2)C3)sc[n+]1CC#N. The van der Waals surface area contributed by atoms with Gasteiger partial charge in [-0.15, -0.1) is 0 Å². The number of aromatic nitrogens is 1. The minimum atomic E-state index is -0.153. The quantitative estimate of drug-likeness (QED) is 0.608. The second kappa shape index (κ2) is 6.15. The average Bonchev–Trinajstić information content (AvgIpc) is 2.87. The van der Waals surface area contributed by atoms with E-state index in [-0.39, 0.29) is 11.4 Å². The van der Waals surface area contributed by atoms with Crippen molar-refractivity contribution in [2.45, 2.75) is 58.4 Å². The number of carbonyl (C=O) groups is 1. The van der Waals surface area contributed by atoms with E-state index in [9.17, 15) is 4.79 Å². The summed E-state index contributed by atoms with van der Waals surface area (Å²) in [5.74, 6) is 2.38. The van der Waals surface area contributed by atoms with E-state index < -0.39 is 0 Å². The lowest BCUT2D eigenvalue weighted by molar-refractivity contribution is -0.686. The van der Waals surface area contributed by atoms with Gasteiger partial charge in [0.15, 0.2) is 5.69 Å². The first-order chi connectivity index (χ1) is 11.6. The molecule has 4 bridgehead atoms. The molecule has 4 aliphatic carbocycles. The molecule has 1 heterocycles. The van der Waals surface area contributed by atoms with E-state index in [0.717, 1.165) is 49.1 Å². The third kappa shape index (κ3) is 2.75. The lowest BCUT2D eigenvalue weighted by atomic mass is 9.49. The lowest BCUT2D eigenvalue weighted by Crippen LogP contribution is -2.50. The standard InChI is InChI=1S/C19H25N2O2S/c1-13-17(24-12-21(13)4-3-20)2-5-23-18(22)19-9-14-6-15(10-19)8-16(7-14)11-19/h12,14-16H,2,4-11H2,1H3/q+1. The molecule has 0 radical (unpaired) electrons. The van der Waals surface area contributed by atoms with Crippen molar-refractivity contribution in [3.8, 4) is 6.07 Å². The number of nitrogens with zero attached hydrogens (tertiary/aromatic N) is 2. The van der Waals surface area contributed by atoms with Crippen LogP contribution in [-0.4, -0.2) is 12.6 Å². The molecule has 128 valence electrons. The average molecular weight is 345 g/mol. The molecule has 1 aromatic rings. The van der Waals surface area contributed by atoms with Crippen molar-refractivity contribution >= 4 is 17.3 Å². The van der Waals surface area contributed by atoms with Crippen molar-refractivity contribution in [3.63, 3.8) is 0 Å². The summed E-state index contributed by atoms with van der Waals surface area (Å²) >= 11 is 1.65. The van der Waals surface area contributed by atoms with E-state index in [1.54, 1.807) is 11.3 Å². The zero-order chi connectivity index (χ0) is 16.7. The Morgan fingerprint density at radius 3 is 2.54 bits per heavy atom. The highest BCUT2D eigenvalue weighted by molar-refractivity contribution is 7.09. The van der Waals surface area contributed by atoms with Crippen LogP contribution in [0, 0.1) is 41.4 Å². The highest BCUT2D eigenvalue weighted by Crippen LogP contribution is 2.60. The Morgan fingerprint density at radius 2 is 1.96 bits per heavy atom. The van der Waals surface area contributed by atoms with Gasteiger partial charge in [0.2, 0.25) is 12.1 Å². The molecule has 4 fully saturated rings. The van der Waals surface area contributed by atoms with Crippen LogP contribution in [0.15, 0.2) is 5.51 Å². The van der Waals surface area contributed by atoms with Gasteiger partial charge in [-0.25, -0.2) is 0 Å². The highest BCUT2D eigenvalue weighted by atomic mass is 32.1. The molecule has 0 N–H and O–H groups in total. The fraction of sp³-hybridized carbons (Fsp3) is 0.737. The van der Waals surface area contributed by atoms with E-state index in [1.807, 2.05) is 17.0 Å². The van der Waals surface area contributed by atoms with Crippen LogP contribution in [0.1, 0.15) is 49.1 Å². The van der Waals surface area contributed by atoms with Crippen LogP contribution in [0.3, 0.4) is 0 Å². The smallest absolute Gasteiger partial charge is 0.312 e. The van der Waals surface area contributed by atoms with Gasteiger partial charge in [-0.3, -0.25) is 4.79 Å². The molecule has 1 aromatic heterocycles. The van der Waals surface area contributed by atoms with Crippen molar-refractivity contribution < 1.29 is 14.1 Å². The predicted molar refractivity (Wildman–Crippen MR) is 90.1 cm³/mol. The van der Waals surface area contributed by atoms with Crippen LogP contribution in [-0.2, 0) is 22.5 Å². The molecule has 0 aliphatic heterocycles. The second-order valence-electron chi connectivity index (χ2n) is 8.10. The van der Waals surface area contributed by atoms with Gasteiger partial charge in [-0.1, -0.05) is 11.3 Å². The van der Waals surface area contributed by atoms with Gasteiger partial charge in [-0.2, -0.15) is 9.83 Å². The van der Waals surface area contributed by atoms with Gasteiger partial charge in [0, 0.05) is 13.3 Å². The number of rotatable bonds is 5. The summed E-state index contributed by atoms with van der Waals surface area (Å²) in [7, 11) is 0. The van der Waals surface area contributed by atoms with E-state index >= 15 is 0 Å².